The number of hydrogen-bond acceptors (Lipinski definition) is 3. The van der Waals surface area contributed by atoms with Crippen LogP contribution in [0, 0.1) is 5.82 Å². The molecule has 0 radical (unpaired) electrons. The van der Waals surface area contributed by atoms with Gasteiger partial charge >= 0.3 is 0 Å². The Labute approximate surface area is 118 Å². The van der Waals surface area contributed by atoms with E-state index in [4.69, 9.17) is 9.47 Å². The van der Waals surface area contributed by atoms with Crippen LogP contribution in [-0.2, 0) is 6.54 Å². The van der Waals surface area contributed by atoms with Crippen LogP contribution < -0.4 is 14.8 Å². The number of anilines is 1. The first kappa shape index (κ1) is 14.2. The van der Waals surface area contributed by atoms with Crippen molar-refractivity contribution in [3.05, 3.63) is 53.8 Å². The fourth-order valence-corrected chi connectivity index (χ4v) is 1.92. The Balaban J connectivity index is 2.06. The van der Waals surface area contributed by atoms with Gasteiger partial charge in [0.25, 0.3) is 0 Å². The summed E-state index contributed by atoms with van der Waals surface area (Å²) in [4.78, 5) is 0. The fraction of sp³-hybridized carbons (Fsp3) is 0.250. The average molecular weight is 275 g/mol. The van der Waals surface area contributed by atoms with Crippen molar-refractivity contribution in [3.63, 3.8) is 0 Å². The second kappa shape index (κ2) is 6.80. The van der Waals surface area contributed by atoms with Crippen molar-refractivity contribution in [2.75, 3.05) is 19.0 Å². The number of nitrogens with one attached hydrogen (secondary N) is 1. The summed E-state index contributed by atoms with van der Waals surface area (Å²) in [7, 11) is 1.52. The summed E-state index contributed by atoms with van der Waals surface area (Å²) in [6, 6.07) is 12.3. The molecule has 0 heterocycles. The number of hydrogen-bond donors (Lipinski definition) is 1. The van der Waals surface area contributed by atoms with E-state index in [2.05, 4.69) is 5.32 Å². The molecule has 0 saturated heterocycles. The van der Waals surface area contributed by atoms with Gasteiger partial charge in [0, 0.05) is 12.6 Å². The van der Waals surface area contributed by atoms with E-state index in [-0.39, 0.29) is 5.82 Å². The Bertz CT molecular complexity index is 572. The lowest BCUT2D eigenvalue weighted by Crippen LogP contribution is -2.02. The third-order valence-electron chi connectivity index (χ3n) is 2.86. The molecule has 2 aromatic carbocycles. The van der Waals surface area contributed by atoms with E-state index in [1.807, 2.05) is 31.2 Å². The summed E-state index contributed by atoms with van der Waals surface area (Å²) in [6.45, 7) is 3.21. The molecule has 0 unspecified atom stereocenters. The van der Waals surface area contributed by atoms with Crippen LogP contribution in [0.5, 0.6) is 11.5 Å². The van der Waals surface area contributed by atoms with Crippen molar-refractivity contribution in [2.45, 2.75) is 13.5 Å². The highest BCUT2D eigenvalue weighted by atomic mass is 19.1. The Morgan fingerprint density at radius 1 is 1.15 bits per heavy atom. The summed E-state index contributed by atoms with van der Waals surface area (Å²) >= 11 is 0. The van der Waals surface area contributed by atoms with Crippen molar-refractivity contribution in [3.8, 4) is 11.5 Å². The molecule has 0 bridgehead atoms. The van der Waals surface area contributed by atoms with Crippen molar-refractivity contribution in [1.29, 1.82) is 0 Å². The van der Waals surface area contributed by atoms with Crippen molar-refractivity contribution in [2.24, 2.45) is 0 Å². The van der Waals surface area contributed by atoms with E-state index >= 15 is 0 Å². The first-order chi connectivity index (χ1) is 9.72. The molecule has 4 heteroatoms. The van der Waals surface area contributed by atoms with Gasteiger partial charge < -0.3 is 14.8 Å². The molecule has 2 rings (SSSR count). The highest BCUT2D eigenvalue weighted by Gasteiger charge is 2.04. The zero-order chi connectivity index (χ0) is 14.4. The monoisotopic (exact) mass is 275 g/mol. The fourth-order valence-electron chi connectivity index (χ4n) is 1.92. The molecule has 0 saturated carbocycles. The SMILES string of the molecule is CCOc1cccc(CNc2ccc(F)cc2OC)c1. The molecule has 0 aliphatic rings. The summed E-state index contributed by atoms with van der Waals surface area (Å²) in [5.74, 6) is 1.02. The Kier molecular flexibility index (Phi) is 4.82. The summed E-state index contributed by atoms with van der Waals surface area (Å²) in [5, 5.41) is 3.23. The normalized spacial score (nSPS) is 10.2. The summed E-state index contributed by atoms with van der Waals surface area (Å²) < 4.78 is 23.7. The molecule has 3 nitrogen and oxygen atoms in total. The maximum atomic E-state index is 13.1. The van der Waals surface area contributed by atoms with E-state index in [0.717, 1.165) is 17.0 Å². The van der Waals surface area contributed by atoms with E-state index in [1.165, 1.54) is 19.2 Å². The van der Waals surface area contributed by atoms with Crippen LogP contribution in [0.25, 0.3) is 0 Å². The predicted octanol–water partition coefficient (Wildman–Crippen LogP) is 3.85. The molecule has 0 atom stereocenters. The Morgan fingerprint density at radius 2 is 2.00 bits per heavy atom. The Morgan fingerprint density at radius 3 is 2.75 bits per heavy atom. The van der Waals surface area contributed by atoms with Crippen molar-refractivity contribution in [1.82, 2.24) is 0 Å². The van der Waals surface area contributed by atoms with Crippen LogP contribution in [-0.4, -0.2) is 13.7 Å². The number of methoxy groups -OCH3 is 1. The van der Waals surface area contributed by atoms with Gasteiger partial charge in [0.1, 0.15) is 17.3 Å². The molecule has 0 aliphatic heterocycles. The topological polar surface area (TPSA) is 30.5 Å². The molecule has 0 aromatic heterocycles. The standard InChI is InChI=1S/C16H18FNO2/c1-3-20-14-6-4-5-12(9-14)11-18-15-8-7-13(17)10-16(15)19-2/h4-10,18H,3,11H2,1-2H3. The molecule has 20 heavy (non-hydrogen) atoms. The van der Waals surface area contributed by atoms with Gasteiger partial charge in [0.05, 0.1) is 19.4 Å². The van der Waals surface area contributed by atoms with E-state index < -0.39 is 0 Å². The van der Waals surface area contributed by atoms with Crippen LogP contribution in [0.1, 0.15) is 12.5 Å². The predicted molar refractivity (Wildman–Crippen MR) is 77.9 cm³/mol. The number of benzene rings is 2. The van der Waals surface area contributed by atoms with Gasteiger partial charge in [-0.15, -0.1) is 0 Å². The second-order valence-corrected chi connectivity index (χ2v) is 4.28. The minimum atomic E-state index is -0.314. The lowest BCUT2D eigenvalue weighted by atomic mass is 10.2. The molecule has 1 N–H and O–H groups in total. The van der Waals surface area contributed by atoms with Gasteiger partial charge in [-0.05, 0) is 36.8 Å². The van der Waals surface area contributed by atoms with Crippen LogP contribution in [0.4, 0.5) is 10.1 Å². The molecule has 0 amide bonds. The smallest absolute Gasteiger partial charge is 0.144 e. The number of halogens is 1. The van der Waals surface area contributed by atoms with Crippen LogP contribution in [0.15, 0.2) is 42.5 Å². The van der Waals surface area contributed by atoms with Gasteiger partial charge in [-0.1, -0.05) is 12.1 Å². The second-order valence-electron chi connectivity index (χ2n) is 4.28. The molecular formula is C16H18FNO2. The average Bonchev–Trinajstić information content (AvgIpc) is 2.46. The largest absolute Gasteiger partial charge is 0.494 e. The summed E-state index contributed by atoms with van der Waals surface area (Å²) in [5.41, 5.74) is 1.85. The third kappa shape index (κ3) is 3.63. The first-order valence-corrected chi connectivity index (χ1v) is 6.52. The van der Waals surface area contributed by atoms with E-state index in [9.17, 15) is 4.39 Å². The molecule has 106 valence electrons. The highest BCUT2D eigenvalue weighted by molar-refractivity contribution is 5.56. The van der Waals surface area contributed by atoms with Gasteiger partial charge in [-0.3, -0.25) is 0 Å². The molecule has 0 fully saturated rings. The summed E-state index contributed by atoms with van der Waals surface area (Å²) in [6.07, 6.45) is 0. The molecule has 0 aliphatic carbocycles. The van der Waals surface area contributed by atoms with E-state index in [0.29, 0.717) is 18.9 Å². The minimum Gasteiger partial charge on any atom is -0.494 e. The van der Waals surface area contributed by atoms with E-state index in [1.54, 1.807) is 6.07 Å². The van der Waals surface area contributed by atoms with Gasteiger partial charge in [0.2, 0.25) is 0 Å². The quantitative estimate of drug-likeness (QED) is 0.868. The van der Waals surface area contributed by atoms with Crippen molar-refractivity contribution >= 4 is 5.69 Å². The van der Waals surface area contributed by atoms with Crippen LogP contribution in [0.2, 0.25) is 0 Å². The lowest BCUT2D eigenvalue weighted by Gasteiger charge is -2.12. The minimum absolute atomic E-state index is 0.314. The number of ether oxygens (including phenoxy) is 2. The highest BCUT2D eigenvalue weighted by Crippen LogP contribution is 2.25. The van der Waals surface area contributed by atoms with Gasteiger partial charge in [-0.25, -0.2) is 4.39 Å². The molecular weight excluding hydrogens is 257 g/mol. The van der Waals surface area contributed by atoms with Crippen molar-refractivity contribution < 1.29 is 13.9 Å². The van der Waals surface area contributed by atoms with Gasteiger partial charge in [-0.2, -0.15) is 0 Å². The van der Waals surface area contributed by atoms with Crippen LogP contribution >= 0.6 is 0 Å². The zero-order valence-electron chi connectivity index (χ0n) is 11.7. The first-order valence-electron chi connectivity index (χ1n) is 6.52. The maximum Gasteiger partial charge on any atom is 0.144 e. The number of rotatable bonds is 6. The lowest BCUT2D eigenvalue weighted by molar-refractivity contribution is 0.340. The van der Waals surface area contributed by atoms with Gasteiger partial charge in [0.15, 0.2) is 0 Å². The van der Waals surface area contributed by atoms with Crippen LogP contribution in [0.3, 0.4) is 0 Å². The maximum absolute atomic E-state index is 13.1. The third-order valence-corrected chi connectivity index (χ3v) is 2.86. The molecule has 0 spiro atoms. The zero-order valence-corrected chi connectivity index (χ0v) is 11.7. The Hall–Kier alpha value is -2.23. The molecule has 2 aromatic rings.